The normalized spacial score (nSPS) is 25.4. The van der Waals surface area contributed by atoms with Gasteiger partial charge in [-0.1, -0.05) is 27.7 Å². The maximum Gasteiger partial charge on any atom is 0.321 e. The molecule has 1 heterocycles. The van der Waals surface area contributed by atoms with Crippen molar-refractivity contribution in [2.75, 3.05) is 0 Å². The summed E-state index contributed by atoms with van der Waals surface area (Å²) < 4.78 is 0. The van der Waals surface area contributed by atoms with E-state index in [1.165, 1.54) is 0 Å². The molecule has 0 N–H and O–H groups in total. The third-order valence-electron chi connectivity index (χ3n) is 3.91. The standard InChI is InChI=1S/C15H30N2O/c1-9(2)13-14(10(3)4)17(12(7)8)15(18)16(13)11(5)6/h9-14H,1-8H3. The molecule has 0 aromatic carbocycles. The molecule has 1 rings (SSSR count). The van der Waals surface area contributed by atoms with Crippen LogP contribution in [0.2, 0.25) is 0 Å². The third kappa shape index (κ3) is 2.50. The highest BCUT2D eigenvalue weighted by molar-refractivity contribution is 5.78. The fraction of sp³-hybridized carbons (Fsp3) is 0.933. The number of carbonyl (C=O) groups is 1. The van der Waals surface area contributed by atoms with Gasteiger partial charge in [-0.15, -0.1) is 0 Å². The zero-order chi connectivity index (χ0) is 14.2. The lowest BCUT2D eigenvalue weighted by atomic mass is 9.88. The molecule has 0 aromatic rings. The summed E-state index contributed by atoms with van der Waals surface area (Å²) in [4.78, 5) is 16.9. The van der Waals surface area contributed by atoms with E-state index in [2.05, 4.69) is 65.2 Å². The van der Waals surface area contributed by atoms with Crippen LogP contribution >= 0.6 is 0 Å². The molecule has 2 atom stereocenters. The van der Waals surface area contributed by atoms with Crippen molar-refractivity contribution in [2.24, 2.45) is 11.8 Å². The largest absolute Gasteiger partial charge is 0.321 e. The van der Waals surface area contributed by atoms with Gasteiger partial charge in [0, 0.05) is 12.1 Å². The Balaban J connectivity index is 3.20. The lowest BCUT2D eigenvalue weighted by Gasteiger charge is -2.35. The molecule has 0 aliphatic carbocycles. The van der Waals surface area contributed by atoms with Crippen molar-refractivity contribution in [3.63, 3.8) is 0 Å². The van der Waals surface area contributed by atoms with E-state index >= 15 is 0 Å². The molecule has 106 valence electrons. The van der Waals surface area contributed by atoms with Crippen LogP contribution in [0, 0.1) is 11.8 Å². The first-order valence-corrected chi connectivity index (χ1v) is 7.30. The Bertz CT molecular complexity index is 269. The number of hydrogen-bond donors (Lipinski definition) is 0. The molecule has 0 spiro atoms. The van der Waals surface area contributed by atoms with Crippen LogP contribution in [0.15, 0.2) is 0 Å². The molecule has 1 fully saturated rings. The van der Waals surface area contributed by atoms with Gasteiger partial charge in [-0.05, 0) is 39.5 Å². The van der Waals surface area contributed by atoms with E-state index in [9.17, 15) is 4.79 Å². The van der Waals surface area contributed by atoms with E-state index in [4.69, 9.17) is 0 Å². The van der Waals surface area contributed by atoms with E-state index in [1.54, 1.807) is 0 Å². The van der Waals surface area contributed by atoms with Gasteiger partial charge in [-0.25, -0.2) is 4.79 Å². The van der Waals surface area contributed by atoms with Crippen molar-refractivity contribution in [1.29, 1.82) is 0 Å². The molecule has 0 radical (unpaired) electrons. The Morgan fingerprint density at radius 1 is 0.722 bits per heavy atom. The zero-order valence-corrected chi connectivity index (χ0v) is 13.3. The molecule has 3 nitrogen and oxygen atoms in total. The molecule has 0 saturated carbocycles. The summed E-state index contributed by atoms with van der Waals surface area (Å²) in [5.74, 6) is 0.986. The van der Waals surface area contributed by atoms with Gasteiger partial charge in [0.05, 0.1) is 12.1 Å². The second-order valence-electron chi connectivity index (χ2n) is 6.75. The molecule has 2 unspecified atom stereocenters. The van der Waals surface area contributed by atoms with Crippen LogP contribution in [0.5, 0.6) is 0 Å². The Morgan fingerprint density at radius 2 is 1.00 bits per heavy atom. The topological polar surface area (TPSA) is 23.6 Å². The highest BCUT2D eigenvalue weighted by atomic mass is 16.2. The molecular formula is C15H30N2O. The monoisotopic (exact) mass is 254 g/mol. The van der Waals surface area contributed by atoms with Gasteiger partial charge in [0.15, 0.2) is 0 Å². The van der Waals surface area contributed by atoms with E-state index in [-0.39, 0.29) is 18.1 Å². The average Bonchev–Trinajstić information content (AvgIpc) is 2.51. The summed E-state index contributed by atoms with van der Waals surface area (Å²) >= 11 is 0. The number of urea groups is 1. The highest BCUT2D eigenvalue weighted by Crippen LogP contribution is 2.35. The number of carbonyl (C=O) groups excluding carboxylic acids is 1. The van der Waals surface area contributed by atoms with Crippen LogP contribution < -0.4 is 0 Å². The molecule has 0 aromatic heterocycles. The maximum absolute atomic E-state index is 12.7. The third-order valence-corrected chi connectivity index (χ3v) is 3.91. The fourth-order valence-electron chi connectivity index (χ4n) is 3.28. The molecule has 0 bridgehead atoms. The Hall–Kier alpha value is -0.730. The second-order valence-corrected chi connectivity index (χ2v) is 6.75. The molecule has 1 saturated heterocycles. The SMILES string of the molecule is CC(C)C1C(C(C)C)N(C(C)C)C(=O)N1C(C)C. The summed E-state index contributed by atoms with van der Waals surface area (Å²) in [5, 5.41) is 0. The fourth-order valence-corrected chi connectivity index (χ4v) is 3.28. The summed E-state index contributed by atoms with van der Waals surface area (Å²) in [5.41, 5.74) is 0. The van der Waals surface area contributed by atoms with Crippen LogP contribution in [0.1, 0.15) is 55.4 Å². The van der Waals surface area contributed by atoms with Crippen LogP contribution in [0.25, 0.3) is 0 Å². The van der Waals surface area contributed by atoms with Crippen molar-refractivity contribution >= 4 is 6.03 Å². The summed E-state index contributed by atoms with van der Waals surface area (Å²) in [6.07, 6.45) is 0. The van der Waals surface area contributed by atoms with Gasteiger partial charge in [-0.3, -0.25) is 0 Å². The predicted molar refractivity (Wildman–Crippen MR) is 76.6 cm³/mol. The minimum absolute atomic E-state index is 0.220. The minimum Gasteiger partial charge on any atom is -0.317 e. The van der Waals surface area contributed by atoms with E-state index in [0.29, 0.717) is 23.9 Å². The van der Waals surface area contributed by atoms with Crippen molar-refractivity contribution < 1.29 is 4.79 Å². The maximum atomic E-state index is 12.7. The lowest BCUT2D eigenvalue weighted by Crippen LogP contribution is -2.47. The Kier molecular flexibility index (Phi) is 4.68. The molecule has 1 aliphatic rings. The Labute approximate surface area is 113 Å². The highest BCUT2D eigenvalue weighted by Gasteiger charge is 2.49. The number of hydrogen-bond acceptors (Lipinski definition) is 1. The van der Waals surface area contributed by atoms with Crippen LogP contribution in [-0.2, 0) is 0 Å². The number of nitrogens with zero attached hydrogens (tertiary/aromatic N) is 2. The summed E-state index contributed by atoms with van der Waals surface area (Å²) in [6.45, 7) is 17.4. The minimum atomic E-state index is 0.220. The van der Waals surface area contributed by atoms with Crippen LogP contribution in [0.3, 0.4) is 0 Å². The first-order valence-electron chi connectivity index (χ1n) is 7.30. The molecule has 3 heteroatoms. The smallest absolute Gasteiger partial charge is 0.317 e. The van der Waals surface area contributed by atoms with Gasteiger partial charge in [-0.2, -0.15) is 0 Å². The van der Waals surface area contributed by atoms with E-state index in [1.807, 2.05) is 0 Å². The summed E-state index contributed by atoms with van der Waals surface area (Å²) in [6, 6.07) is 1.43. The molecule has 18 heavy (non-hydrogen) atoms. The van der Waals surface area contributed by atoms with Crippen molar-refractivity contribution in [3.05, 3.63) is 0 Å². The number of amides is 2. The van der Waals surface area contributed by atoms with Gasteiger partial charge >= 0.3 is 6.03 Å². The van der Waals surface area contributed by atoms with Crippen molar-refractivity contribution in [1.82, 2.24) is 9.80 Å². The predicted octanol–water partition coefficient (Wildman–Crippen LogP) is 3.59. The van der Waals surface area contributed by atoms with Gasteiger partial charge in [0.2, 0.25) is 0 Å². The van der Waals surface area contributed by atoms with Gasteiger partial charge in [0.1, 0.15) is 0 Å². The quantitative estimate of drug-likeness (QED) is 0.752. The first kappa shape index (κ1) is 15.3. The zero-order valence-electron chi connectivity index (χ0n) is 13.3. The molecular weight excluding hydrogens is 224 g/mol. The summed E-state index contributed by atoms with van der Waals surface area (Å²) in [7, 11) is 0. The second kappa shape index (κ2) is 5.50. The van der Waals surface area contributed by atoms with Crippen molar-refractivity contribution in [2.45, 2.75) is 79.6 Å². The number of rotatable bonds is 4. The Morgan fingerprint density at radius 3 is 1.17 bits per heavy atom. The molecule has 1 aliphatic heterocycles. The average molecular weight is 254 g/mol. The lowest BCUT2D eigenvalue weighted by molar-refractivity contribution is 0.145. The van der Waals surface area contributed by atoms with Crippen molar-refractivity contribution in [3.8, 4) is 0 Å². The first-order chi connectivity index (χ1) is 8.20. The van der Waals surface area contributed by atoms with Crippen LogP contribution in [0.4, 0.5) is 4.79 Å². The van der Waals surface area contributed by atoms with E-state index < -0.39 is 0 Å². The molecule has 2 amide bonds. The van der Waals surface area contributed by atoms with E-state index in [0.717, 1.165) is 0 Å². The van der Waals surface area contributed by atoms with Gasteiger partial charge < -0.3 is 9.80 Å². The van der Waals surface area contributed by atoms with Gasteiger partial charge in [0.25, 0.3) is 0 Å². The van der Waals surface area contributed by atoms with Crippen LogP contribution in [-0.4, -0.2) is 40.0 Å².